The summed E-state index contributed by atoms with van der Waals surface area (Å²) in [6, 6.07) is 11.4. The Morgan fingerprint density at radius 3 is 2.47 bits per heavy atom. The Labute approximate surface area is 105 Å². The zero-order valence-electron chi connectivity index (χ0n) is 10.8. The third-order valence-electron chi connectivity index (χ3n) is 3.98. The van der Waals surface area contributed by atoms with Crippen LogP contribution in [-0.4, -0.2) is 30.6 Å². The van der Waals surface area contributed by atoms with Crippen molar-refractivity contribution in [2.24, 2.45) is 11.7 Å². The topological polar surface area (TPSA) is 29.3 Å². The molecule has 1 aliphatic heterocycles. The predicted octanol–water partition coefficient (Wildman–Crippen LogP) is 2.29. The number of nitrogens with two attached hydrogens (primary N) is 1. The maximum absolute atomic E-state index is 5.73. The van der Waals surface area contributed by atoms with Crippen LogP contribution in [0, 0.1) is 5.92 Å². The summed E-state index contributed by atoms with van der Waals surface area (Å²) in [6.07, 6.45) is 3.71. The molecule has 0 saturated carbocycles. The number of piperidine rings is 1. The first-order chi connectivity index (χ1) is 8.29. The summed E-state index contributed by atoms with van der Waals surface area (Å²) in [7, 11) is 0. The van der Waals surface area contributed by atoms with Gasteiger partial charge < -0.3 is 10.6 Å². The minimum atomic E-state index is 0.649. The van der Waals surface area contributed by atoms with Gasteiger partial charge in [-0.05, 0) is 57.3 Å². The van der Waals surface area contributed by atoms with Crippen molar-refractivity contribution in [3.63, 3.8) is 0 Å². The molecular formula is C15H24N2. The van der Waals surface area contributed by atoms with Crippen LogP contribution >= 0.6 is 0 Å². The lowest BCUT2D eigenvalue weighted by atomic mass is 9.95. The highest BCUT2D eigenvalue weighted by atomic mass is 15.2. The van der Waals surface area contributed by atoms with Crippen LogP contribution in [0.25, 0.3) is 0 Å². The molecule has 1 atom stereocenters. The van der Waals surface area contributed by atoms with E-state index in [9.17, 15) is 0 Å². The van der Waals surface area contributed by atoms with Gasteiger partial charge in [-0.25, -0.2) is 0 Å². The van der Waals surface area contributed by atoms with Crippen LogP contribution < -0.4 is 5.73 Å². The summed E-state index contributed by atoms with van der Waals surface area (Å²) in [5, 5.41) is 0. The molecule has 1 heterocycles. The Bertz CT molecular complexity index is 315. The number of benzene rings is 1. The average molecular weight is 232 g/mol. The molecule has 1 aliphatic rings. The van der Waals surface area contributed by atoms with E-state index in [0.29, 0.717) is 6.04 Å². The standard InChI is InChI=1S/C15H24N2/c1-13(11-14-5-3-2-4-6-14)17-9-7-15(12-16)8-10-17/h2-6,13,15H,7-12,16H2,1H3. The minimum absolute atomic E-state index is 0.649. The molecule has 1 aromatic rings. The third-order valence-corrected chi connectivity index (χ3v) is 3.98. The Morgan fingerprint density at radius 1 is 1.24 bits per heavy atom. The first-order valence-electron chi connectivity index (χ1n) is 6.77. The van der Waals surface area contributed by atoms with Crippen molar-refractivity contribution in [1.82, 2.24) is 4.90 Å². The number of hydrogen-bond donors (Lipinski definition) is 1. The summed E-state index contributed by atoms with van der Waals surface area (Å²) in [4.78, 5) is 2.61. The molecule has 0 amide bonds. The molecule has 1 aromatic carbocycles. The van der Waals surface area contributed by atoms with Crippen molar-refractivity contribution in [2.45, 2.75) is 32.2 Å². The molecule has 0 aromatic heterocycles. The Morgan fingerprint density at radius 2 is 1.88 bits per heavy atom. The molecule has 1 fully saturated rings. The number of likely N-dealkylation sites (tertiary alicyclic amines) is 1. The second-order valence-electron chi connectivity index (χ2n) is 5.25. The van der Waals surface area contributed by atoms with Crippen LogP contribution in [0.2, 0.25) is 0 Å². The maximum Gasteiger partial charge on any atom is 0.0107 e. The summed E-state index contributed by atoms with van der Waals surface area (Å²) < 4.78 is 0. The molecule has 2 rings (SSSR count). The lowest BCUT2D eigenvalue weighted by Gasteiger charge is -2.35. The Kier molecular flexibility index (Phi) is 4.57. The molecule has 2 N–H and O–H groups in total. The molecule has 1 saturated heterocycles. The van der Waals surface area contributed by atoms with Crippen molar-refractivity contribution < 1.29 is 0 Å². The molecule has 0 aliphatic carbocycles. The van der Waals surface area contributed by atoms with Crippen molar-refractivity contribution in [2.75, 3.05) is 19.6 Å². The van der Waals surface area contributed by atoms with Gasteiger partial charge in [0.1, 0.15) is 0 Å². The van der Waals surface area contributed by atoms with E-state index >= 15 is 0 Å². The van der Waals surface area contributed by atoms with E-state index in [2.05, 4.69) is 42.2 Å². The largest absolute Gasteiger partial charge is 0.330 e. The zero-order valence-corrected chi connectivity index (χ0v) is 10.8. The van der Waals surface area contributed by atoms with Crippen molar-refractivity contribution in [3.05, 3.63) is 35.9 Å². The lowest BCUT2D eigenvalue weighted by molar-refractivity contribution is 0.143. The quantitative estimate of drug-likeness (QED) is 0.863. The summed E-state index contributed by atoms with van der Waals surface area (Å²) in [6.45, 7) is 5.64. The summed E-state index contributed by atoms with van der Waals surface area (Å²) >= 11 is 0. The van der Waals surface area contributed by atoms with Gasteiger partial charge in [0.05, 0.1) is 0 Å². The average Bonchev–Trinajstić information content (AvgIpc) is 2.40. The molecule has 0 radical (unpaired) electrons. The fourth-order valence-corrected chi connectivity index (χ4v) is 2.71. The van der Waals surface area contributed by atoms with Gasteiger partial charge >= 0.3 is 0 Å². The van der Waals surface area contributed by atoms with E-state index in [1.807, 2.05) is 0 Å². The van der Waals surface area contributed by atoms with Gasteiger partial charge in [0.25, 0.3) is 0 Å². The van der Waals surface area contributed by atoms with Crippen molar-refractivity contribution in [1.29, 1.82) is 0 Å². The first-order valence-corrected chi connectivity index (χ1v) is 6.77. The lowest BCUT2D eigenvalue weighted by Crippen LogP contribution is -2.42. The summed E-state index contributed by atoms with van der Waals surface area (Å²) in [5.41, 5.74) is 7.18. The normalized spacial score (nSPS) is 20.4. The van der Waals surface area contributed by atoms with Crippen molar-refractivity contribution >= 4 is 0 Å². The highest BCUT2D eigenvalue weighted by Crippen LogP contribution is 2.19. The number of rotatable bonds is 4. The van der Waals surface area contributed by atoms with Crippen molar-refractivity contribution in [3.8, 4) is 0 Å². The van der Waals surface area contributed by atoms with E-state index in [4.69, 9.17) is 5.73 Å². The van der Waals surface area contributed by atoms with Crippen LogP contribution in [0.3, 0.4) is 0 Å². The predicted molar refractivity (Wildman–Crippen MR) is 73.0 cm³/mol. The van der Waals surface area contributed by atoms with E-state index in [0.717, 1.165) is 18.9 Å². The number of nitrogens with zero attached hydrogens (tertiary/aromatic N) is 1. The van der Waals surface area contributed by atoms with Crippen LogP contribution in [0.15, 0.2) is 30.3 Å². The van der Waals surface area contributed by atoms with Gasteiger partial charge in [0, 0.05) is 6.04 Å². The molecule has 17 heavy (non-hydrogen) atoms. The van der Waals surface area contributed by atoms with Gasteiger partial charge in [-0.15, -0.1) is 0 Å². The van der Waals surface area contributed by atoms with E-state index in [1.165, 1.54) is 31.5 Å². The SMILES string of the molecule is CC(Cc1ccccc1)N1CCC(CN)CC1. The molecule has 0 spiro atoms. The van der Waals surface area contributed by atoms with Gasteiger partial charge in [-0.1, -0.05) is 30.3 Å². The zero-order chi connectivity index (χ0) is 12.1. The molecule has 0 bridgehead atoms. The maximum atomic E-state index is 5.73. The van der Waals surface area contributed by atoms with Gasteiger partial charge in [-0.2, -0.15) is 0 Å². The minimum Gasteiger partial charge on any atom is -0.330 e. The Hall–Kier alpha value is -0.860. The first kappa shape index (κ1) is 12.6. The second-order valence-corrected chi connectivity index (χ2v) is 5.25. The molecule has 94 valence electrons. The fourth-order valence-electron chi connectivity index (χ4n) is 2.71. The van der Waals surface area contributed by atoms with Crippen LogP contribution in [-0.2, 0) is 6.42 Å². The Balaban J connectivity index is 1.83. The number of hydrogen-bond acceptors (Lipinski definition) is 2. The van der Waals surface area contributed by atoms with Crippen LogP contribution in [0.4, 0.5) is 0 Å². The monoisotopic (exact) mass is 232 g/mol. The fraction of sp³-hybridized carbons (Fsp3) is 0.600. The van der Waals surface area contributed by atoms with E-state index in [1.54, 1.807) is 0 Å². The molecular weight excluding hydrogens is 208 g/mol. The second kappa shape index (κ2) is 6.18. The van der Waals surface area contributed by atoms with Gasteiger partial charge in [0.2, 0.25) is 0 Å². The molecule has 2 nitrogen and oxygen atoms in total. The van der Waals surface area contributed by atoms with Crippen LogP contribution in [0.5, 0.6) is 0 Å². The van der Waals surface area contributed by atoms with Gasteiger partial charge in [-0.3, -0.25) is 0 Å². The van der Waals surface area contributed by atoms with Crippen LogP contribution in [0.1, 0.15) is 25.3 Å². The smallest absolute Gasteiger partial charge is 0.0107 e. The highest BCUT2D eigenvalue weighted by molar-refractivity contribution is 5.15. The molecule has 2 heteroatoms. The highest BCUT2D eigenvalue weighted by Gasteiger charge is 2.21. The third kappa shape index (κ3) is 3.55. The van der Waals surface area contributed by atoms with Gasteiger partial charge in [0.15, 0.2) is 0 Å². The summed E-state index contributed by atoms with van der Waals surface area (Å²) in [5.74, 6) is 0.759. The van der Waals surface area contributed by atoms with E-state index < -0.39 is 0 Å². The van der Waals surface area contributed by atoms with E-state index in [-0.39, 0.29) is 0 Å². The molecule has 1 unspecified atom stereocenters.